The SMILES string of the molecule is COc1ccc(-c2noc(CCc3nc(-c4ccco4)no3)n2)cc1. The summed E-state index contributed by atoms with van der Waals surface area (Å²) >= 11 is 0. The topological polar surface area (TPSA) is 100 Å². The Bertz CT molecular complexity index is 941. The Morgan fingerprint density at radius 1 is 0.880 bits per heavy atom. The van der Waals surface area contributed by atoms with Gasteiger partial charge in [-0.2, -0.15) is 9.97 Å². The summed E-state index contributed by atoms with van der Waals surface area (Å²) in [4.78, 5) is 8.66. The van der Waals surface area contributed by atoms with Crippen molar-refractivity contribution < 1.29 is 18.2 Å². The number of hydrogen-bond donors (Lipinski definition) is 0. The molecule has 4 aromatic rings. The lowest BCUT2D eigenvalue weighted by molar-refractivity contribution is 0.354. The van der Waals surface area contributed by atoms with Gasteiger partial charge in [0.25, 0.3) is 0 Å². The molecule has 0 unspecified atom stereocenters. The van der Waals surface area contributed by atoms with Gasteiger partial charge in [-0.05, 0) is 36.4 Å². The number of hydrogen-bond acceptors (Lipinski definition) is 8. The summed E-state index contributed by atoms with van der Waals surface area (Å²) in [5.74, 6) is 3.27. The summed E-state index contributed by atoms with van der Waals surface area (Å²) < 4.78 is 20.8. The zero-order chi connectivity index (χ0) is 17.1. The van der Waals surface area contributed by atoms with E-state index in [4.69, 9.17) is 18.2 Å². The highest BCUT2D eigenvalue weighted by atomic mass is 16.5. The fraction of sp³-hybridized carbons (Fsp3) is 0.176. The van der Waals surface area contributed by atoms with E-state index in [0.717, 1.165) is 11.3 Å². The summed E-state index contributed by atoms with van der Waals surface area (Å²) in [5.41, 5.74) is 0.855. The van der Waals surface area contributed by atoms with Crippen molar-refractivity contribution in [1.82, 2.24) is 20.3 Å². The van der Waals surface area contributed by atoms with Crippen LogP contribution in [0.1, 0.15) is 11.8 Å². The van der Waals surface area contributed by atoms with Gasteiger partial charge in [-0.15, -0.1) is 0 Å². The van der Waals surface area contributed by atoms with Crippen molar-refractivity contribution in [3.05, 3.63) is 54.4 Å². The molecular formula is C17H14N4O4. The molecule has 0 saturated heterocycles. The van der Waals surface area contributed by atoms with E-state index < -0.39 is 0 Å². The molecule has 0 amide bonds. The summed E-state index contributed by atoms with van der Waals surface area (Å²) in [7, 11) is 1.62. The van der Waals surface area contributed by atoms with E-state index in [1.54, 1.807) is 25.5 Å². The Balaban J connectivity index is 1.41. The fourth-order valence-electron chi connectivity index (χ4n) is 2.29. The summed E-state index contributed by atoms with van der Waals surface area (Å²) in [6.45, 7) is 0. The number of nitrogens with zero attached hydrogens (tertiary/aromatic N) is 4. The Kier molecular flexibility index (Phi) is 3.99. The molecule has 0 aliphatic heterocycles. The average molecular weight is 338 g/mol. The minimum atomic E-state index is 0.421. The number of benzene rings is 1. The molecule has 0 atom stereocenters. The zero-order valence-corrected chi connectivity index (χ0v) is 13.4. The van der Waals surface area contributed by atoms with Crippen LogP contribution in [-0.4, -0.2) is 27.4 Å². The molecular weight excluding hydrogens is 324 g/mol. The molecule has 0 bridgehead atoms. The van der Waals surface area contributed by atoms with Gasteiger partial charge in [-0.1, -0.05) is 10.3 Å². The molecule has 3 heterocycles. The van der Waals surface area contributed by atoms with Gasteiger partial charge in [0.1, 0.15) is 5.75 Å². The van der Waals surface area contributed by atoms with Crippen molar-refractivity contribution >= 4 is 0 Å². The van der Waals surface area contributed by atoms with Gasteiger partial charge < -0.3 is 18.2 Å². The lowest BCUT2D eigenvalue weighted by Gasteiger charge is -1.98. The second-order valence-corrected chi connectivity index (χ2v) is 5.23. The van der Waals surface area contributed by atoms with Gasteiger partial charge in [0, 0.05) is 18.4 Å². The van der Waals surface area contributed by atoms with Crippen LogP contribution in [0.15, 0.2) is 56.1 Å². The number of aryl methyl sites for hydroxylation is 2. The van der Waals surface area contributed by atoms with Crippen LogP contribution in [0, 0.1) is 0 Å². The van der Waals surface area contributed by atoms with Crippen molar-refractivity contribution in [3.8, 4) is 28.7 Å². The highest BCUT2D eigenvalue weighted by Gasteiger charge is 2.13. The number of methoxy groups -OCH3 is 1. The molecule has 0 fully saturated rings. The number of furan rings is 1. The minimum absolute atomic E-state index is 0.421. The molecule has 0 aliphatic rings. The van der Waals surface area contributed by atoms with E-state index in [0.29, 0.717) is 42.0 Å². The maximum absolute atomic E-state index is 5.28. The quantitative estimate of drug-likeness (QED) is 0.528. The lowest BCUT2D eigenvalue weighted by atomic mass is 10.2. The lowest BCUT2D eigenvalue weighted by Crippen LogP contribution is -1.92. The van der Waals surface area contributed by atoms with Crippen molar-refractivity contribution in [2.24, 2.45) is 0 Å². The van der Waals surface area contributed by atoms with Crippen molar-refractivity contribution in [3.63, 3.8) is 0 Å². The largest absolute Gasteiger partial charge is 0.497 e. The Morgan fingerprint density at radius 3 is 2.20 bits per heavy atom. The summed E-state index contributed by atoms with van der Waals surface area (Å²) in [6, 6.07) is 11.0. The Hall–Kier alpha value is -3.42. The van der Waals surface area contributed by atoms with Crippen LogP contribution in [0.4, 0.5) is 0 Å². The maximum Gasteiger partial charge on any atom is 0.238 e. The minimum Gasteiger partial charge on any atom is -0.497 e. The van der Waals surface area contributed by atoms with Crippen LogP contribution in [-0.2, 0) is 12.8 Å². The van der Waals surface area contributed by atoms with E-state index in [1.807, 2.05) is 24.3 Å². The van der Waals surface area contributed by atoms with Gasteiger partial charge in [0.15, 0.2) is 5.76 Å². The van der Waals surface area contributed by atoms with Crippen LogP contribution >= 0.6 is 0 Å². The predicted octanol–water partition coefficient (Wildman–Crippen LogP) is 3.17. The van der Waals surface area contributed by atoms with Gasteiger partial charge in [0.2, 0.25) is 23.4 Å². The molecule has 25 heavy (non-hydrogen) atoms. The first-order valence-electron chi connectivity index (χ1n) is 7.65. The summed E-state index contributed by atoms with van der Waals surface area (Å²) in [5, 5.41) is 7.87. The average Bonchev–Trinajstić information content (AvgIpc) is 3.41. The van der Waals surface area contributed by atoms with E-state index in [1.165, 1.54) is 0 Å². The highest BCUT2D eigenvalue weighted by molar-refractivity contribution is 5.55. The first-order valence-corrected chi connectivity index (χ1v) is 7.65. The van der Waals surface area contributed by atoms with Gasteiger partial charge in [-0.3, -0.25) is 0 Å². The third-order valence-corrected chi connectivity index (χ3v) is 3.58. The molecule has 0 spiro atoms. The van der Waals surface area contributed by atoms with E-state index in [2.05, 4.69) is 20.3 Å². The van der Waals surface area contributed by atoms with Crippen LogP contribution < -0.4 is 4.74 Å². The molecule has 8 nitrogen and oxygen atoms in total. The number of aromatic nitrogens is 4. The monoisotopic (exact) mass is 338 g/mol. The Labute approximate surface area is 142 Å². The van der Waals surface area contributed by atoms with Gasteiger partial charge in [0.05, 0.1) is 13.4 Å². The maximum atomic E-state index is 5.28. The predicted molar refractivity (Wildman–Crippen MR) is 85.7 cm³/mol. The second kappa shape index (κ2) is 6.60. The molecule has 8 heteroatoms. The van der Waals surface area contributed by atoms with Crippen LogP contribution in [0.5, 0.6) is 5.75 Å². The molecule has 0 aliphatic carbocycles. The van der Waals surface area contributed by atoms with Crippen molar-refractivity contribution in [2.45, 2.75) is 12.8 Å². The fourth-order valence-corrected chi connectivity index (χ4v) is 2.29. The van der Waals surface area contributed by atoms with Crippen molar-refractivity contribution in [2.75, 3.05) is 7.11 Å². The first kappa shape index (κ1) is 15.1. The van der Waals surface area contributed by atoms with Crippen molar-refractivity contribution in [1.29, 1.82) is 0 Å². The standard InChI is InChI=1S/C17H14N4O4/c1-22-12-6-4-11(5-7-12)16-18-14(24-20-16)8-9-15-19-17(21-25-15)13-3-2-10-23-13/h2-7,10H,8-9H2,1H3. The smallest absolute Gasteiger partial charge is 0.238 e. The third kappa shape index (κ3) is 3.27. The van der Waals surface area contributed by atoms with E-state index in [-0.39, 0.29) is 0 Å². The van der Waals surface area contributed by atoms with Crippen LogP contribution in [0.2, 0.25) is 0 Å². The van der Waals surface area contributed by atoms with Crippen LogP contribution in [0.25, 0.3) is 23.0 Å². The van der Waals surface area contributed by atoms with E-state index in [9.17, 15) is 0 Å². The first-order chi connectivity index (χ1) is 12.3. The molecule has 0 radical (unpaired) electrons. The second-order valence-electron chi connectivity index (χ2n) is 5.23. The summed E-state index contributed by atoms with van der Waals surface area (Å²) in [6.07, 6.45) is 2.56. The molecule has 3 aromatic heterocycles. The normalized spacial score (nSPS) is 10.9. The number of ether oxygens (including phenoxy) is 1. The van der Waals surface area contributed by atoms with E-state index >= 15 is 0 Å². The molecule has 4 rings (SSSR count). The molecule has 0 N–H and O–H groups in total. The van der Waals surface area contributed by atoms with Gasteiger partial charge >= 0.3 is 0 Å². The Morgan fingerprint density at radius 2 is 1.56 bits per heavy atom. The molecule has 1 aromatic carbocycles. The third-order valence-electron chi connectivity index (χ3n) is 3.58. The number of rotatable bonds is 6. The highest BCUT2D eigenvalue weighted by Crippen LogP contribution is 2.20. The van der Waals surface area contributed by atoms with Crippen LogP contribution in [0.3, 0.4) is 0 Å². The molecule has 0 saturated carbocycles. The van der Waals surface area contributed by atoms with Gasteiger partial charge in [-0.25, -0.2) is 0 Å². The zero-order valence-electron chi connectivity index (χ0n) is 13.4. The molecule has 126 valence electrons.